The van der Waals surface area contributed by atoms with Gasteiger partial charge in [-0.1, -0.05) is 6.92 Å². The van der Waals surface area contributed by atoms with Gasteiger partial charge in [-0.3, -0.25) is 4.79 Å². The van der Waals surface area contributed by atoms with Gasteiger partial charge in [-0.05, 0) is 37.1 Å². The van der Waals surface area contributed by atoms with Gasteiger partial charge in [0, 0.05) is 5.92 Å². The van der Waals surface area contributed by atoms with Crippen molar-refractivity contribution in [3.05, 3.63) is 23.8 Å². The summed E-state index contributed by atoms with van der Waals surface area (Å²) in [6, 6.07) is 5.63. The molecule has 0 saturated heterocycles. The highest BCUT2D eigenvalue weighted by Crippen LogP contribution is 2.26. The van der Waals surface area contributed by atoms with Gasteiger partial charge in [0.1, 0.15) is 17.3 Å². The van der Waals surface area contributed by atoms with E-state index in [0.717, 1.165) is 17.1 Å². The maximum Gasteiger partial charge on any atom is 0.132 e. The highest BCUT2D eigenvalue weighted by molar-refractivity contribution is 5.78. The van der Waals surface area contributed by atoms with Gasteiger partial charge in [-0.25, -0.2) is 0 Å². The second-order valence-electron chi connectivity index (χ2n) is 3.89. The number of hydrogen-bond acceptors (Lipinski definition) is 3. The molecule has 0 fully saturated rings. The number of hydrogen-bond donors (Lipinski definition) is 0. The third-order valence-corrected chi connectivity index (χ3v) is 2.71. The summed E-state index contributed by atoms with van der Waals surface area (Å²) in [4.78, 5) is 11.2. The third kappa shape index (κ3) is 2.99. The van der Waals surface area contributed by atoms with E-state index in [1.807, 2.05) is 25.1 Å². The SMILES string of the molecule is COc1ccc(OC)c(CC(C)C(C)=O)c1. The summed E-state index contributed by atoms with van der Waals surface area (Å²) in [6.45, 7) is 3.53. The quantitative estimate of drug-likeness (QED) is 0.767. The van der Waals surface area contributed by atoms with Gasteiger partial charge in [-0.2, -0.15) is 0 Å². The minimum atomic E-state index is 0.000932. The van der Waals surface area contributed by atoms with E-state index >= 15 is 0 Å². The molecule has 1 aromatic rings. The molecule has 0 aliphatic rings. The molecule has 88 valence electrons. The Labute approximate surface area is 96.4 Å². The predicted molar refractivity (Wildman–Crippen MR) is 63.1 cm³/mol. The van der Waals surface area contributed by atoms with Crippen LogP contribution in [0.15, 0.2) is 18.2 Å². The Bertz CT molecular complexity index is 371. The topological polar surface area (TPSA) is 35.5 Å². The van der Waals surface area contributed by atoms with Crippen molar-refractivity contribution in [2.75, 3.05) is 14.2 Å². The van der Waals surface area contributed by atoms with Crippen molar-refractivity contribution in [2.24, 2.45) is 5.92 Å². The number of carbonyl (C=O) groups excluding carboxylic acids is 1. The third-order valence-electron chi connectivity index (χ3n) is 2.71. The van der Waals surface area contributed by atoms with Crippen LogP contribution in [0.4, 0.5) is 0 Å². The number of Topliss-reactive ketones (excluding diaryl/α,β-unsaturated/α-hetero) is 1. The van der Waals surface area contributed by atoms with Crippen LogP contribution in [0.3, 0.4) is 0 Å². The summed E-state index contributed by atoms with van der Waals surface area (Å²) in [5.74, 6) is 1.77. The lowest BCUT2D eigenvalue weighted by Gasteiger charge is -2.13. The van der Waals surface area contributed by atoms with E-state index < -0.39 is 0 Å². The standard InChI is InChI=1S/C13H18O3/c1-9(10(2)14)7-11-8-12(15-3)5-6-13(11)16-4/h5-6,8-9H,7H2,1-4H3. The fourth-order valence-corrected chi connectivity index (χ4v) is 1.52. The van der Waals surface area contributed by atoms with Gasteiger partial charge < -0.3 is 9.47 Å². The minimum absolute atomic E-state index is 0.000932. The van der Waals surface area contributed by atoms with Crippen molar-refractivity contribution in [3.63, 3.8) is 0 Å². The predicted octanol–water partition coefficient (Wildman–Crippen LogP) is 2.47. The Morgan fingerprint density at radius 2 is 2.00 bits per heavy atom. The summed E-state index contributed by atoms with van der Waals surface area (Å²) < 4.78 is 10.4. The van der Waals surface area contributed by atoms with E-state index in [9.17, 15) is 4.79 Å². The van der Waals surface area contributed by atoms with Gasteiger partial charge in [0.05, 0.1) is 14.2 Å². The molecule has 0 spiro atoms. The molecule has 0 heterocycles. The molecule has 3 nitrogen and oxygen atoms in total. The fourth-order valence-electron chi connectivity index (χ4n) is 1.52. The Kier molecular flexibility index (Phi) is 4.35. The van der Waals surface area contributed by atoms with Gasteiger partial charge >= 0.3 is 0 Å². The van der Waals surface area contributed by atoms with Crippen LogP contribution in [-0.2, 0) is 11.2 Å². The van der Waals surface area contributed by atoms with Crippen LogP contribution in [0, 0.1) is 5.92 Å². The molecule has 0 N–H and O–H groups in total. The van der Waals surface area contributed by atoms with Crippen LogP contribution < -0.4 is 9.47 Å². The summed E-state index contributed by atoms with van der Waals surface area (Å²) in [5.41, 5.74) is 1.00. The normalized spacial score (nSPS) is 12.0. The number of benzene rings is 1. The highest BCUT2D eigenvalue weighted by atomic mass is 16.5. The van der Waals surface area contributed by atoms with E-state index in [0.29, 0.717) is 6.42 Å². The number of rotatable bonds is 5. The molecular formula is C13H18O3. The van der Waals surface area contributed by atoms with Crippen LogP contribution in [-0.4, -0.2) is 20.0 Å². The van der Waals surface area contributed by atoms with Gasteiger partial charge in [0.25, 0.3) is 0 Å². The van der Waals surface area contributed by atoms with Gasteiger partial charge in [0.15, 0.2) is 0 Å². The first-order valence-corrected chi connectivity index (χ1v) is 5.29. The number of methoxy groups -OCH3 is 2. The smallest absolute Gasteiger partial charge is 0.132 e. The summed E-state index contributed by atoms with van der Waals surface area (Å²) in [6.07, 6.45) is 0.676. The Balaban J connectivity index is 2.95. The minimum Gasteiger partial charge on any atom is -0.497 e. The molecule has 0 aliphatic carbocycles. The van der Waals surface area contributed by atoms with E-state index in [1.54, 1.807) is 21.1 Å². The van der Waals surface area contributed by atoms with Crippen LogP contribution in [0.2, 0.25) is 0 Å². The number of carbonyl (C=O) groups is 1. The van der Waals surface area contributed by atoms with Crippen LogP contribution >= 0.6 is 0 Å². The Hall–Kier alpha value is -1.51. The van der Waals surface area contributed by atoms with E-state index in [1.165, 1.54) is 0 Å². The van der Waals surface area contributed by atoms with Crippen molar-refractivity contribution < 1.29 is 14.3 Å². The fraction of sp³-hybridized carbons (Fsp3) is 0.462. The van der Waals surface area contributed by atoms with Crippen LogP contribution in [0.5, 0.6) is 11.5 Å². The lowest BCUT2D eigenvalue weighted by Crippen LogP contribution is -2.10. The summed E-state index contributed by atoms with van der Waals surface area (Å²) in [5, 5.41) is 0. The molecule has 3 heteroatoms. The lowest BCUT2D eigenvalue weighted by atomic mass is 9.97. The Morgan fingerprint density at radius 1 is 1.31 bits per heavy atom. The molecule has 0 aliphatic heterocycles. The molecule has 0 aromatic heterocycles. The molecular weight excluding hydrogens is 204 g/mol. The van der Waals surface area contributed by atoms with E-state index in [-0.39, 0.29) is 11.7 Å². The van der Waals surface area contributed by atoms with E-state index in [2.05, 4.69) is 0 Å². The average molecular weight is 222 g/mol. The van der Waals surface area contributed by atoms with Gasteiger partial charge in [0.2, 0.25) is 0 Å². The first-order valence-electron chi connectivity index (χ1n) is 5.29. The Morgan fingerprint density at radius 3 is 2.50 bits per heavy atom. The van der Waals surface area contributed by atoms with Crippen molar-refractivity contribution in [3.8, 4) is 11.5 Å². The zero-order chi connectivity index (χ0) is 12.1. The van der Waals surface area contributed by atoms with Crippen molar-refractivity contribution in [2.45, 2.75) is 20.3 Å². The zero-order valence-electron chi connectivity index (χ0n) is 10.2. The molecule has 1 atom stereocenters. The molecule has 0 bridgehead atoms. The second kappa shape index (κ2) is 5.54. The lowest BCUT2D eigenvalue weighted by molar-refractivity contribution is -0.120. The number of ether oxygens (including phenoxy) is 2. The maximum absolute atomic E-state index is 11.2. The summed E-state index contributed by atoms with van der Waals surface area (Å²) >= 11 is 0. The second-order valence-corrected chi connectivity index (χ2v) is 3.89. The van der Waals surface area contributed by atoms with E-state index in [4.69, 9.17) is 9.47 Å². The van der Waals surface area contributed by atoms with Crippen molar-refractivity contribution in [1.29, 1.82) is 0 Å². The van der Waals surface area contributed by atoms with Crippen molar-refractivity contribution in [1.82, 2.24) is 0 Å². The molecule has 0 saturated carbocycles. The molecule has 0 amide bonds. The first-order chi connectivity index (χ1) is 7.58. The maximum atomic E-state index is 11.2. The van der Waals surface area contributed by atoms with Gasteiger partial charge in [-0.15, -0.1) is 0 Å². The zero-order valence-corrected chi connectivity index (χ0v) is 10.2. The highest BCUT2D eigenvalue weighted by Gasteiger charge is 2.12. The van der Waals surface area contributed by atoms with Crippen LogP contribution in [0.25, 0.3) is 0 Å². The summed E-state index contributed by atoms with van der Waals surface area (Å²) in [7, 11) is 3.25. The largest absolute Gasteiger partial charge is 0.497 e. The average Bonchev–Trinajstić information content (AvgIpc) is 2.28. The van der Waals surface area contributed by atoms with Crippen molar-refractivity contribution >= 4 is 5.78 Å². The monoisotopic (exact) mass is 222 g/mol. The molecule has 16 heavy (non-hydrogen) atoms. The van der Waals surface area contributed by atoms with Crippen LogP contribution in [0.1, 0.15) is 19.4 Å². The molecule has 0 radical (unpaired) electrons. The molecule has 1 unspecified atom stereocenters. The molecule has 1 aromatic carbocycles. The number of ketones is 1. The first kappa shape index (κ1) is 12.6. The molecule has 1 rings (SSSR count).